The van der Waals surface area contributed by atoms with Crippen molar-refractivity contribution < 1.29 is 19.1 Å². The second kappa shape index (κ2) is 23.8. The molecule has 0 aliphatic carbocycles. The van der Waals surface area contributed by atoms with Crippen molar-refractivity contribution in [3.05, 3.63) is 12.2 Å². The van der Waals surface area contributed by atoms with Crippen LogP contribution in [0, 0.1) is 11.8 Å². The van der Waals surface area contributed by atoms with E-state index in [2.05, 4.69) is 41.5 Å². The quantitative estimate of drug-likeness (QED) is 0.0999. The summed E-state index contributed by atoms with van der Waals surface area (Å²) in [6.45, 7) is 14.2. The standard InChI is InChI=1S/C20H36O4.2C2H5.Sn/c1-17(2)11-7-5-9-15-23-19(21)13-14-20(22)24-16-10-6-8-12-18(3)4;2*1-2;/h13-14,17-18H,5-12,15-16H2,1-4H3;2*1H2,2H3;/b14-13-;;;. The average Bonchev–Trinajstić information content (AvgIpc) is 2.66. The third kappa shape index (κ3) is 29.8. The van der Waals surface area contributed by atoms with Crippen LogP contribution < -0.4 is 0 Å². The van der Waals surface area contributed by atoms with E-state index in [0.717, 1.165) is 62.5 Å². The molecule has 29 heavy (non-hydrogen) atoms. The van der Waals surface area contributed by atoms with E-state index in [-0.39, 0.29) is 21.1 Å². The van der Waals surface area contributed by atoms with Gasteiger partial charge in [-0.3, -0.25) is 0 Å². The molecule has 4 nitrogen and oxygen atoms in total. The maximum atomic E-state index is 11.5. The van der Waals surface area contributed by atoms with E-state index in [1.165, 1.54) is 21.7 Å². The van der Waals surface area contributed by atoms with E-state index in [4.69, 9.17) is 9.47 Å². The fourth-order valence-corrected chi connectivity index (χ4v) is 3.92. The van der Waals surface area contributed by atoms with Crippen molar-refractivity contribution in [2.24, 2.45) is 11.8 Å². The minimum absolute atomic E-state index is 0.218. The number of esters is 2. The summed E-state index contributed by atoms with van der Waals surface area (Å²) >= 11 is 0.218. The van der Waals surface area contributed by atoms with E-state index < -0.39 is 11.9 Å². The third-order valence-electron chi connectivity index (χ3n) is 4.20. The molecule has 0 bridgehead atoms. The monoisotopic (exact) mass is 518 g/mol. The Labute approximate surface area is 190 Å². The van der Waals surface area contributed by atoms with Crippen molar-refractivity contribution >= 4 is 33.1 Å². The summed E-state index contributed by atoms with van der Waals surface area (Å²) < 4.78 is 13.1. The normalized spacial score (nSPS) is 10.9. The van der Waals surface area contributed by atoms with Crippen LogP contribution in [0.3, 0.4) is 0 Å². The molecular formula is C24H46O4Sn. The molecule has 0 fully saturated rings. The van der Waals surface area contributed by atoms with Crippen LogP contribution in [0.5, 0.6) is 0 Å². The van der Waals surface area contributed by atoms with Crippen LogP contribution in [-0.4, -0.2) is 46.3 Å². The SMILES string of the molecule is CC(C)CCCCCOC(=O)/C=C\C(=O)OCCCCCC(C)C.C[CH2][Sn][CH2]C. The van der Waals surface area contributed by atoms with Gasteiger partial charge in [0.25, 0.3) is 0 Å². The van der Waals surface area contributed by atoms with Crippen molar-refractivity contribution in [2.45, 2.75) is 102 Å². The molecule has 170 valence electrons. The van der Waals surface area contributed by atoms with Crippen LogP contribution >= 0.6 is 0 Å². The van der Waals surface area contributed by atoms with Crippen LogP contribution in [0.1, 0.15) is 92.9 Å². The molecule has 0 saturated carbocycles. The number of carbonyl (C=O) groups is 2. The van der Waals surface area contributed by atoms with Gasteiger partial charge in [-0.15, -0.1) is 0 Å². The number of rotatable bonds is 16. The van der Waals surface area contributed by atoms with Gasteiger partial charge in [0.05, 0.1) is 13.2 Å². The van der Waals surface area contributed by atoms with Crippen LogP contribution in [0.25, 0.3) is 0 Å². The van der Waals surface area contributed by atoms with Crippen molar-refractivity contribution in [3.8, 4) is 0 Å². The Morgan fingerprint density at radius 2 is 1.07 bits per heavy atom. The van der Waals surface area contributed by atoms with Gasteiger partial charge in [0, 0.05) is 12.2 Å². The number of ether oxygens (including phenoxy) is 2. The molecule has 5 heteroatoms. The molecule has 0 aromatic carbocycles. The van der Waals surface area contributed by atoms with Crippen molar-refractivity contribution in [1.82, 2.24) is 0 Å². The van der Waals surface area contributed by atoms with Crippen LogP contribution in [0.2, 0.25) is 8.87 Å². The van der Waals surface area contributed by atoms with Crippen LogP contribution in [0.4, 0.5) is 0 Å². The number of unbranched alkanes of at least 4 members (excludes halogenated alkanes) is 4. The molecular weight excluding hydrogens is 471 g/mol. The minimum atomic E-state index is -0.479. The van der Waals surface area contributed by atoms with Gasteiger partial charge in [0.1, 0.15) is 0 Å². The van der Waals surface area contributed by atoms with Gasteiger partial charge in [-0.2, -0.15) is 0 Å². The third-order valence-corrected chi connectivity index (χ3v) is 7.05. The molecule has 0 atom stereocenters. The van der Waals surface area contributed by atoms with E-state index >= 15 is 0 Å². The molecule has 0 N–H and O–H groups in total. The molecule has 0 rings (SSSR count). The summed E-state index contributed by atoms with van der Waals surface area (Å²) in [6, 6.07) is 0. The Kier molecular flexibility index (Phi) is 25.1. The predicted octanol–water partition coefficient (Wildman–Crippen LogP) is 6.63. The van der Waals surface area contributed by atoms with E-state index in [9.17, 15) is 9.59 Å². The maximum absolute atomic E-state index is 11.5. The van der Waals surface area contributed by atoms with Crippen molar-refractivity contribution in [2.75, 3.05) is 13.2 Å². The van der Waals surface area contributed by atoms with Gasteiger partial charge in [0.2, 0.25) is 0 Å². The molecule has 0 aliphatic heterocycles. The van der Waals surface area contributed by atoms with Gasteiger partial charge < -0.3 is 9.47 Å². The molecule has 0 aliphatic rings. The molecule has 2 radical (unpaired) electrons. The fourth-order valence-electron chi connectivity index (χ4n) is 2.49. The van der Waals surface area contributed by atoms with E-state index in [0.29, 0.717) is 13.2 Å². The first-order valence-corrected chi connectivity index (χ1v) is 15.6. The first kappa shape index (κ1) is 30.7. The van der Waals surface area contributed by atoms with Gasteiger partial charge in [0.15, 0.2) is 0 Å². The zero-order chi connectivity index (χ0) is 22.3. The number of carbonyl (C=O) groups excluding carboxylic acids is 2. The van der Waals surface area contributed by atoms with Crippen LogP contribution in [0.15, 0.2) is 12.2 Å². The Morgan fingerprint density at radius 1 is 0.690 bits per heavy atom. The van der Waals surface area contributed by atoms with Gasteiger partial charge >= 0.3 is 55.8 Å². The second-order valence-electron chi connectivity index (χ2n) is 8.11. The Bertz CT molecular complexity index is 370. The molecule has 0 unspecified atom stereocenters. The zero-order valence-electron chi connectivity index (χ0n) is 19.9. The zero-order valence-corrected chi connectivity index (χ0v) is 22.8. The Hall–Kier alpha value is -0.521. The first-order valence-electron chi connectivity index (χ1n) is 11.6. The van der Waals surface area contributed by atoms with E-state index in [1.807, 2.05) is 0 Å². The molecule has 0 amide bonds. The average molecular weight is 517 g/mol. The molecule has 0 heterocycles. The Balaban J connectivity index is 0. The molecule has 0 aromatic rings. The van der Waals surface area contributed by atoms with Crippen LogP contribution in [-0.2, 0) is 19.1 Å². The second-order valence-corrected chi connectivity index (χ2v) is 13.6. The number of hydrogen-bond acceptors (Lipinski definition) is 4. The summed E-state index contributed by atoms with van der Waals surface area (Å²) in [4.78, 5) is 22.9. The summed E-state index contributed by atoms with van der Waals surface area (Å²) in [7, 11) is 0. The topological polar surface area (TPSA) is 52.6 Å². The van der Waals surface area contributed by atoms with E-state index in [1.54, 1.807) is 0 Å². The van der Waals surface area contributed by atoms with Gasteiger partial charge in [-0.05, 0) is 24.7 Å². The van der Waals surface area contributed by atoms with Gasteiger partial charge in [-0.1, -0.05) is 66.2 Å². The summed E-state index contributed by atoms with van der Waals surface area (Å²) in [6.07, 6.45) is 10.9. The predicted molar refractivity (Wildman–Crippen MR) is 124 cm³/mol. The van der Waals surface area contributed by atoms with Gasteiger partial charge in [-0.25, -0.2) is 9.59 Å². The number of hydrogen-bond donors (Lipinski definition) is 0. The fraction of sp³-hybridized carbons (Fsp3) is 0.833. The molecule has 0 aromatic heterocycles. The first-order chi connectivity index (χ1) is 13.8. The van der Waals surface area contributed by atoms with Crippen molar-refractivity contribution in [1.29, 1.82) is 0 Å². The summed E-state index contributed by atoms with van der Waals surface area (Å²) in [5, 5.41) is 0. The summed E-state index contributed by atoms with van der Waals surface area (Å²) in [5.74, 6) is 0.480. The molecule has 0 saturated heterocycles. The summed E-state index contributed by atoms with van der Waals surface area (Å²) in [5.41, 5.74) is 0. The molecule has 0 spiro atoms. The Morgan fingerprint density at radius 3 is 1.34 bits per heavy atom. The van der Waals surface area contributed by atoms with Crippen molar-refractivity contribution in [3.63, 3.8) is 0 Å².